The van der Waals surface area contributed by atoms with E-state index in [1.807, 2.05) is 4.57 Å². The van der Waals surface area contributed by atoms with Crippen LogP contribution in [0.5, 0.6) is 0 Å². The minimum absolute atomic E-state index is 0.188. The third kappa shape index (κ3) is 3.63. The summed E-state index contributed by atoms with van der Waals surface area (Å²) < 4.78 is 1.90. The van der Waals surface area contributed by atoms with Crippen LogP contribution in [0.2, 0.25) is 0 Å². The minimum Gasteiger partial charge on any atom is -0.347 e. The Morgan fingerprint density at radius 1 is 1.07 bits per heavy atom. The van der Waals surface area contributed by atoms with E-state index in [2.05, 4.69) is 21.7 Å². The lowest BCUT2D eigenvalue weighted by Crippen LogP contribution is -2.35. The standard InChI is InChI=1S/C21H23N5O2/c22-13-14-8-10-16(11-9-14)23-20(27)18-17-7-3-4-12-26(17)19(25-18)21(28)24-15-5-1-2-6-15/h8-11,15H,1-7,12H2,(H,23,27)(H,24,28). The molecule has 1 aliphatic carbocycles. The number of amides is 2. The molecule has 1 saturated carbocycles. The summed E-state index contributed by atoms with van der Waals surface area (Å²) in [4.78, 5) is 30.1. The lowest BCUT2D eigenvalue weighted by atomic mass is 10.1. The third-order valence-corrected chi connectivity index (χ3v) is 5.50. The number of fused-ring (bicyclic) bond motifs is 1. The van der Waals surface area contributed by atoms with Gasteiger partial charge in [0.15, 0.2) is 11.5 Å². The van der Waals surface area contributed by atoms with Crippen molar-refractivity contribution < 1.29 is 9.59 Å². The van der Waals surface area contributed by atoms with Gasteiger partial charge < -0.3 is 15.2 Å². The van der Waals surface area contributed by atoms with E-state index in [0.717, 1.165) is 50.6 Å². The van der Waals surface area contributed by atoms with Crippen molar-refractivity contribution in [1.29, 1.82) is 5.26 Å². The molecule has 2 aliphatic rings. The van der Waals surface area contributed by atoms with Crippen molar-refractivity contribution in [1.82, 2.24) is 14.9 Å². The number of hydrogen-bond acceptors (Lipinski definition) is 4. The van der Waals surface area contributed by atoms with Gasteiger partial charge in [-0.05, 0) is 56.4 Å². The molecule has 1 aromatic heterocycles. The van der Waals surface area contributed by atoms with Crippen molar-refractivity contribution in [2.24, 2.45) is 0 Å². The Morgan fingerprint density at radius 2 is 1.82 bits per heavy atom. The molecule has 144 valence electrons. The van der Waals surface area contributed by atoms with Crippen LogP contribution in [0.3, 0.4) is 0 Å². The number of nitrogens with one attached hydrogen (secondary N) is 2. The van der Waals surface area contributed by atoms with Gasteiger partial charge in [-0.25, -0.2) is 4.98 Å². The molecule has 1 aliphatic heterocycles. The van der Waals surface area contributed by atoms with Crippen molar-refractivity contribution in [2.45, 2.75) is 57.5 Å². The molecule has 7 nitrogen and oxygen atoms in total. The van der Waals surface area contributed by atoms with E-state index in [4.69, 9.17) is 5.26 Å². The molecule has 1 aromatic carbocycles. The van der Waals surface area contributed by atoms with Crippen LogP contribution in [0.25, 0.3) is 0 Å². The average Bonchev–Trinajstić information content (AvgIpc) is 3.36. The number of benzene rings is 1. The molecule has 2 aromatic rings. The number of hydrogen-bond donors (Lipinski definition) is 2. The highest BCUT2D eigenvalue weighted by Gasteiger charge is 2.29. The zero-order chi connectivity index (χ0) is 19.5. The van der Waals surface area contributed by atoms with Crippen molar-refractivity contribution in [2.75, 3.05) is 5.32 Å². The van der Waals surface area contributed by atoms with Gasteiger partial charge in [0.2, 0.25) is 0 Å². The van der Waals surface area contributed by atoms with Gasteiger partial charge in [-0.1, -0.05) is 12.8 Å². The largest absolute Gasteiger partial charge is 0.347 e. The van der Waals surface area contributed by atoms with Gasteiger partial charge in [-0.3, -0.25) is 9.59 Å². The zero-order valence-corrected chi connectivity index (χ0v) is 15.7. The maximum atomic E-state index is 12.8. The van der Waals surface area contributed by atoms with E-state index in [1.165, 1.54) is 0 Å². The number of carbonyl (C=O) groups is 2. The van der Waals surface area contributed by atoms with Crippen LogP contribution in [-0.2, 0) is 13.0 Å². The molecule has 0 bridgehead atoms. The Balaban J connectivity index is 1.57. The van der Waals surface area contributed by atoms with Gasteiger partial charge in [0, 0.05) is 18.3 Å². The lowest BCUT2D eigenvalue weighted by molar-refractivity contribution is 0.0921. The first-order chi connectivity index (χ1) is 13.7. The maximum absolute atomic E-state index is 12.8. The molecule has 28 heavy (non-hydrogen) atoms. The fraction of sp³-hybridized carbons (Fsp3) is 0.429. The Hall–Kier alpha value is -3.14. The van der Waals surface area contributed by atoms with Crippen molar-refractivity contribution in [3.63, 3.8) is 0 Å². The second-order valence-corrected chi connectivity index (χ2v) is 7.44. The van der Waals surface area contributed by atoms with Crippen molar-refractivity contribution in [3.05, 3.63) is 47.0 Å². The quantitative estimate of drug-likeness (QED) is 0.855. The van der Waals surface area contributed by atoms with Gasteiger partial charge in [0.1, 0.15) is 0 Å². The highest BCUT2D eigenvalue weighted by atomic mass is 16.2. The normalized spacial score (nSPS) is 16.2. The summed E-state index contributed by atoms with van der Waals surface area (Å²) >= 11 is 0. The summed E-state index contributed by atoms with van der Waals surface area (Å²) in [5.41, 5.74) is 2.27. The van der Waals surface area contributed by atoms with Crippen LogP contribution in [0, 0.1) is 11.3 Å². The predicted octanol–water partition coefficient (Wildman–Crippen LogP) is 3.02. The van der Waals surface area contributed by atoms with Crippen molar-refractivity contribution >= 4 is 17.5 Å². The number of nitriles is 1. The predicted molar refractivity (Wildman–Crippen MR) is 104 cm³/mol. The smallest absolute Gasteiger partial charge is 0.287 e. The number of rotatable bonds is 4. The second kappa shape index (κ2) is 7.85. The lowest BCUT2D eigenvalue weighted by Gasteiger charge is -2.18. The van der Waals surface area contributed by atoms with E-state index in [9.17, 15) is 9.59 Å². The van der Waals surface area contributed by atoms with Gasteiger partial charge in [-0.2, -0.15) is 5.26 Å². The summed E-state index contributed by atoms with van der Waals surface area (Å²) in [6, 6.07) is 8.94. The number of aromatic nitrogens is 2. The van der Waals surface area contributed by atoms with E-state index < -0.39 is 0 Å². The molecule has 0 unspecified atom stereocenters. The van der Waals surface area contributed by atoms with Crippen molar-refractivity contribution in [3.8, 4) is 6.07 Å². The first kappa shape index (κ1) is 18.2. The van der Waals surface area contributed by atoms with Crippen LogP contribution in [0.1, 0.15) is 70.9 Å². The highest BCUT2D eigenvalue weighted by molar-refractivity contribution is 6.05. The van der Waals surface area contributed by atoms with E-state index in [0.29, 0.717) is 29.3 Å². The van der Waals surface area contributed by atoms with Gasteiger partial charge in [-0.15, -0.1) is 0 Å². The molecule has 0 radical (unpaired) electrons. The molecule has 0 atom stereocenters. The minimum atomic E-state index is -0.324. The summed E-state index contributed by atoms with van der Waals surface area (Å²) in [6.07, 6.45) is 6.98. The summed E-state index contributed by atoms with van der Waals surface area (Å²) in [7, 11) is 0. The molecule has 2 amide bonds. The SMILES string of the molecule is N#Cc1ccc(NC(=O)c2nc(C(=O)NC3CCCC3)n3c2CCCC3)cc1. The topological polar surface area (TPSA) is 99.8 Å². The number of anilines is 1. The Kier molecular flexibility index (Phi) is 5.11. The molecule has 1 fully saturated rings. The first-order valence-electron chi connectivity index (χ1n) is 9.87. The number of carbonyl (C=O) groups excluding carboxylic acids is 2. The second-order valence-electron chi connectivity index (χ2n) is 7.44. The molecule has 2 heterocycles. The number of imidazole rings is 1. The number of nitrogens with zero attached hydrogens (tertiary/aromatic N) is 3. The molecule has 0 saturated heterocycles. The molecule has 7 heteroatoms. The molecule has 2 N–H and O–H groups in total. The molecule has 0 spiro atoms. The molecular weight excluding hydrogens is 354 g/mol. The summed E-state index contributed by atoms with van der Waals surface area (Å²) in [5.74, 6) is -0.172. The Labute approximate surface area is 163 Å². The fourth-order valence-electron chi connectivity index (χ4n) is 4.04. The molecular formula is C21H23N5O2. The third-order valence-electron chi connectivity index (χ3n) is 5.50. The van der Waals surface area contributed by atoms with Crippen LogP contribution in [0.15, 0.2) is 24.3 Å². The van der Waals surface area contributed by atoms with Crippen LogP contribution >= 0.6 is 0 Å². The van der Waals surface area contributed by atoms with Gasteiger partial charge in [0.25, 0.3) is 11.8 Å². The Morgan fingerprint density at radius 3 is 2.54 bits per heavy atom. The van der Waals surface area contributed by atoms with Gasteiger partial charge in [0.05, 0.1) is 17.3 Å². The fourth-order valence-corrected chi connectivity index (χ4v) is 4.04. The molecule has 4 rings (SSSR count). The summed E-state index contributed by atoms with van der Waals surface area (Å²) in [6.45, 7) is 0.708. The maximum Gasteiger partial charge on any atom is 0.287 e. The van der Waals surface area contributed by atoms with Gasteiger partial charge >= 0.3 is 0 Å². The zero-order valence-electron chi connectivity index (χ0n) is 15.7. The van der Waals surface area contributed by atoms with Crippen LogP contribution in [-0.4, -0.2) is 27.4 Å². The van der Waals surface area contributed by atoms with Crippen LogP contribution in [0.4, 0.5) is 5.69 Å². The first-order valence-corrected chi connectivity index (χ1v) is 9.87. The van der Waals surface area contributed by atoms with E-state index in [1.54, 1.807) is 24.3 Å². The summed E-state index contributed by atoms with van der Waals surface area (Å²) in [5, 5.41) is 14.8. The monoisotopic (exact) mass is 377 g/mol. The average molecular weight is 377 g/mol. The highest BCUT2D eigenvalue weighted by Crippen LogP contribution is 2.23. The van der Waals surface area contributed by atoms with Crippen LogP contribution < -0.4 is 10.6 Å². The van der Waals surface area contributed by atoms with E-state index >= 15 is 0 Å². The Bertz CT molecular complexity index is 933. The van der Waals surface area contributed by atoms with E-state index in [-0.39, 0.29) is 17.9 Å².